The monoisotopic (exact) mass is 350 g/mol. The Labute approximate surface area is 145 Å². The summed E-state index contributed by atoms with van der Waals surface area (Å²) in [6, 6.07) is 1.66. The summed E-state index contributed by atoms with van der Waals surface area (Å²) >= 11 is 0. The van der Waals surface area contributed by atoms with Gasteiger partial charge >= 0.3 is 0 Å². The number of aromatic nitrogens is 4. The van der Waals surface area contributed by atoms with E-state index in [-0.39, 0.29) is 11.9 Å². The normalized spacial score (nSPS) is 21.0. The maximum atomic E-state index is 13.9. The summed E-state index contributed by atoms with van der Waals surface area (Å²) in [6.07, 6.45) is 0.252. The lowest BCUT2D eigenvalue weighted by molar-refractivity contribution is 0.0742. The van der Waals surface area contributed by atoms with Crippen LogP contribution in [0.25, 0.3) is 0 Å². The fourth-order valence-electron chi connectivity index (χ4n) is 3.14. The summed E-state index contributed by atoms with van der Waals surface area (Å²) < 4.78 is 18.9. The summed E-state index contributed by atoms with van der Waals surface area (Å²) in [7, 11) is 1.71. The van der Waals surface area contributed by atoms with E-state index in [1.54, 1.807) is 24.9 Å². The molecule has 1 aliphatic heterocycles. The highest BCUT2D eigenvalue weighted by atomic mass is 19.1. The van der Waals surface area contributed by atoms with Crippen LogP contribution < -0.4 is 0 Å². The number of aryl methyl sites for hydroxylation is 2. The van der Waals surface area contributed by atoms with E-state index in [0.717, 1.165) is 12.1 Å². The van der Waals surface area contributed by atoms with Gasteiger partial charge < -0.3 is 9.42 Å². The van der Waals surface area contributed by atoms with Gasteiger partial charge in [-0.05, 0) is 18.9 Å². The largest absolute Gasteiger partial charge is 0.340 e. The number of hydrogen-bond donors (Lipinski definition) is 1. The van der Waals surface area contributed by atoms with Crippen molar-refractivity contribution in [2.24, 2.45) is 0 Å². The molecule has 2 atom stereocenters. The van der Waals surface area contributed by atoms with E-state index < -0.39 is 6.17 Å². The molecule has 2 aromatic rings. The van der Waals surface area contributed by atoms with Gasteiger partial charge in [0.2, 0.25) is 5.89 Å². The molecule has 1 aliphatic rings. The van der Waals surface area contributed by atoms with Gasteiger partial charge in [-0.1, -0.05) is 12.1 Å². The molecule has 0 radical (unpaired) electrons. The Balaban J connectivity index is 1.63. The Morgan fingerprint density at radius 1 is 1.56 bits per heavy atom. The molecule has 0 bridgehead atoms. The van der Waals surface area contributed by atoms with Crippen LogP contribution in [0.15, 0.2) is 10.6 Å². The van der Waals surface area contributed by atoms with Crippen LogP contribution in [0.2, 0.25) is 0 Å². The molecule has 136 valence electrons. The average Bonchev–Trinajstić information content (AvgIpc) is 3.28. The quantitative estimate of drug-likeness (QED) is 0.846. The van der Waals surface area contributed by atoms with Gasteiger partial charge in [0.05, 0.1) is 6.54 Å². The summed E-state index contributed by atoms with van der Waals surface area (Å²) in [4.78, 5) is 20.2. The van der Waals surface area contributed by atoms with Crippen LogP contribution in [0, 0.1) is 6.92 Å². The third-order valence-electron chi connectivity index (χ3n) is 4.45. The zero-order valence-electron chi connectivity index (χ0n) is 14.7. The molecule has 3 rings (SSSR count). The second-order valence-corrected chi connectivity index (χ2v) is 6.46. The molecule has 8 nitrogen and oxygen atoms in total. The van der Waals surface area contributed by atoms with Crippen LogP contribution in [0.5, 0.6) is 0 Å². The van der Waals surface area contributed by atoms with Gasteiger partial charge in [-0.15, -0.1) is 0 Å². The Bertz CT molecular complexity index is 730. The van der Waals surface area contributed by atoms with E-state index >= 15 is 0 Å². The minimum Gasteiger partial charge on any atom is -0.340 e. The zero-order valence-corrected chi connectivity index (χ0v) is 14.7. The molecular formula is C16H23FN6O2. The Hall–Kier alpha value is -2.29. The van der Waals surface area contributed by atoms with Crippen molar-refractivity contribution in [3.05, 3.63) is 29.2 Å². The Morgan fingerprint density at radius 2 is 2.36 bits per heavy atom. The van der Waals surface area contributed by atoms with E-state index in [1.807, 2.05) is 11.8 Å². The van der Waals surface area contributed by atoms with E-state index in [4.69, 9.17) is 4.52 Å². The summed E-state index contributed by atoms with van der Waals surface area (Å²) in [5.41, 5.74) is 1.30. The molecule has 1 fully saturated rings. The lowest BCUT2D eigenvalue weighted by atomic mass is 10.2. The maximum absolute atomic E-state index is 13.9. The van der Waals surface area contributed by atoms with Gasteiger partial charge in [-0.3, -0.25) is 14.8 Å². The lowest BCUT2D eigenvalue weighted by Crippen LogP contribution is -2.41. The van der Waals surface area contributed by atoms with Crippen molar-refractivity contribution in [3.8, 4) is 0 Å². The summed E-state index contributed by atoms with van der Waals surface area (Å²) in [6.45, 7) is 4.85. The number of nitrogens with zero attached hydrogens (tertiary/aromatic N) is 5. The lowest BCUT2D eigenvalue weighted by Gasteiger charge is -2.27. The number of rotatable bonds is 6. The summed E-state index contributed by atoms with van der Waals surface area (Å²) in [5.74, 6) is 0.846. The number of hydrogen-bond acceptors (Lipinski definition) is 6. The van der Waals surface area contributed by atoms with Crippen molar-refractivity contribution in [1.82, 2.24) is 30.1 Å². The molecule has 0 aliphatic carbocycles. The first-order chi connectivity index (χ1) is 12.0. The molecule has 0 unspecified atom stereocenters. The first-order valence-corrected chi connectivity index (χ1v) is 8.43. The molecule has 2 aromatic heterocycles. The van der Waals surface area contributed by atoms with E-state index in [1.165, 1.54) is 0 Å². The number of carbonyl (C=O) groups is 1. The third-order valence-corrected chi connectivity index (χ3v) is 4.45. The maximum Gasteiger partial charge on any atom is 0.274 e. The minimum absolute atomic E-state index is 0.0904. The highest BCUT2D eigenvalue weighted by Gasteiger charge is 2.34. The van der Waals surface area contributed by atoms with E-state index in [9.17, 15) is 9.18 Å². The smallest absolute Gasteiger partial charge is 0.274 e. The van der Waals surface area contributed by atoms with Gasteiger partial charge in [-0.2, -0.15) is 10.1 Å². The van der Waals surface area contributed by atoms with Gasteiger partial charge in [0, 0.05) is 38.8 Å². The molecule has 9 heteroatoms. The number of H-pyrrole nitrogens is 1. The molecule has 1 amide bonds. The van der Waals surface area contributed by atoms with Gasteiger partial charge in [-0.25, -0.2) is 4.39 Å². The van der Waals surface area contributed by atoms with Crippen LogP contribution in [0.1, 0.15) is 41.2 Å². The Kier molecular flexibility index (Phi) is 5.12. The molecule has 1 N–H and O–H groups in total. The number of amides is 1. The molecule has 1 saturated heterocycles. The number of aromatic amines is 1. The highest BCUT2D eigenvalue weighted by Crippen LogP contribution is 2.23. The first kappa shape index (κ1) is 17.5. The summed E-state index contributed by atoms with van der Waals surface area (Å²) in [5, 5.41) is 10.8. The standard InChI is InChI=1S/C16H23FN6O2/c1-4-12-6-14(20-19-12)16(24)22(3)8-13-5-11(17)7-23(13)9-15-18-10(2)25-21-15/h6,11,13H,4-5,7-9H2,1-3H3,(H,19,20)/t11-,13-/m0/s1. The van der Waals surface area contributed by atoms with Crippen molar-refractivity contribution < 1.29 is 13.7 Å². The topological polar surface area (TPSA) is 91.2 Å². The van der Waals surface area contributed by atoms with E-state index in [0.29, 0.717) is 43.5 Å². The number of nitrogens with one attached hydrogen (secondary N) is 1. The number of halogens is 1. The average molecular weight is 350 g/mol. The van der Waals surface area contributed by atoms with Crippen LogP contribution in [0.3, 0.4) is 0 Å². The Morgan fingerprint density at radius 3 is 3.00 bits per heavy atom. The number of alkyl halides is 1. The predicted molar refractivity (Wildman–Crippen MR) is 87.7 cm³/mol. The molecule has 25 heavy (non-hydrogen) atoms. The van der Waals surface area contributed by atoms with Gasteiger partial charge in [0.15, 0.2) is 5.82 Å². The molecule has 3 heterocycles. The molecule has 0 spiro atoms. The number of likely N-dealkylation sites (N-methyl/N-ethyl adjacent to an activating group) is 1. The van der Waals surface area contributed by atoms with Crippen LogP contribution in [-0.4, -0.2) is 68.4 Å². The molecular weight excluding hydrogens is 327 g/mol. The fourth-order valence-corrected chi connectivity index (χ4v) is 3.14. The molecule has 0 aromatic carbocycles. The second kappa shape index (κ2) is 7.30. The first-order valence-electron chi connectivity index (χ1n) is 8.43. The van der Waals surface area contributed by atoms with Crippen molar-refractivity contribution in [3.63, 3.8) is 0 Å². The van der Waals surface area contributed by atoms with Crippen molar-refractivity contribution >= 4 is 5.91 Å². The fraction of sp³-hybridized carbons (Fsp3) is 0.625. The van der Waals surface area contributed by atoms with Gasteiger partial charge in [0.1, 0.15) is 11.9 Å². The third kappa shape index (κ3) is 4.04. The van der Waals surface area contributed by atoms with Crippen molar-refractivity contribution in [1.29, 1.82) is 0 Å². The van der Waals surface area contributed by atoms with Crippen molar-refractivity contribution in [2.75, 3.05) is 20.1 Å². The van der Waals surface area contributed by atoms with Gasteiger partial charge in [0.25, 0.3) is 5.91 Å². The SMILES string of the molecule is CCc1cc(C(=O)N(C)C[C@@H]2C[C@H](F)CN2Cc2noc(C)n2)n[nH]1. The van der Waals surface area contributed by atoms with Crippen LogP contribution >= 0.6 is 0 Å². The molecule has 0 saturated carbocycles. The zero-order chi connectivity index (χ0) is 18.0. The van der Waals surface area contributed by atoms with Crippen molar-refractivity contribution in [2.45, 2.75) is 45.4 Å². The van der Waals surface area contributed by atoms with E-state index in [2.05, 4.69) is 20.3 Å². The number of carbonyl (C=O) groups excluding carboxylic acids is 1. The second-order valence-electron chi connectivity index (χ2n) is 6.46. The number of likely N-dealkylation sites (tertiary alicyclic amines) is 1. The highest BCUT2D eigenvalue weighted by molar-refractivity contribution is 5.92. The minimum atomic E-state index is -0.918. The van der Waals surface area contributed by atoms with Crippen LogP contribution in [0.4, 0.5) is 4.39 Å². The van der Waals surface area contributed by atoms with Crippen LogP contribution in [-0.2, 0) is 13.0 Å². The predicted octanol–water partition coefficient (Wildman–Crippen LogP) is 1.35.